The molecule has 4 unspecified atom stereocenters. The molecular formula is C18H26O2. The summed E-state index contributed by atoms with van der Waals surface area (Å²) in [7, 11) is 0. The highest BCUT2D eigenvalue weighted by Crippen LogP contribution is 2.49. The SMILES string of the molecule is Cc1cccc(OCCC(O)CC2CC3CCC2C3)c1. The summed E-state index contributed by atoms with van der Waals surface area (Å²) in [5, 5.41) is 10.2. The molecule has 0 aromatic heterocycles. The van der Waals surface area contributed by atoms with E-state index >= 15 is 0 Å². The minimum absolute atomic E-state index is 0.191. The van der Waals surface area contributed by atoms with Gasteiger partial charge in [-0.1, -0.05) is 18.6 Å². The highest BCUT2D eigenvalue weighted by Gasteiger charge is 2.39. The number of ether oxygens (including phenoxy) is 1. The van der Waals surface area contributed by atoms with Crippen molar-refractivity contribution in [2.45, 2.75) is 51.6 Å². The highest BCUT2D eigenvalue weighted by molar-refractivity contribution is 5.27. The van der Waals surface area contributed by atoms with E-state index in [1.54, 1.807) is 0 Å². The lowest BCUT2D eigenvalue weighted by molar-refractivity contribution is 0.100. The molecular weight excluding hydrogens is 248 g/mol. The normalized spacial score (nSPS) is 29.6. The molecule has 2 saturated carbocycles. The Hall–Kier alpha value is -1.02. The average Bonchev–Trinajstić information content (AvgIpc) is 3.01. The van der Waals surface area contributed by atoms with Crippen molar-refractivity contribution < 1.29 is 9.84 Å². The minimum Gasteiger partial charge on any atom is -0.493 e. The van der Waals surface area contributed by atoms with Gasteiger partial charge in [0.15, 0.2) is 0 Å². The summed E-state index contributed by atoms with van der Waals surface area (Å²) in [6.07, 6.45) is 7.18. The van der Waals surface area contributed by atoms with Gasteiger partial charge in [-0.3, -0.25) is 0 Å². The van der Waals surface area contributed by atoms with Crippen molar-refractivity contribution in [1.29, 1.82) is 0 Å². The zero-order valence-electron chi connectivity index (χ0n) is 12.4. The van der Waals surface area contributed by atoms with E-state index in [4.69, 9.17) is 4.74 Å². The van der Waals surface area contributed by atoms with E-state index in [9.17, 15) is 5.11 Å². The van der Waals surface area contributed by atoms with E-state index in [2.05, 4.69) is 13.0 Å². The van der Waals surface area contributed by atoms with Crippen molar-refractivity contribution in [3.8, 4) is 5.75 Å². The summed E-state index contributed by atoms with van der Waals surface area (Å²) in [5.74, 6) is 3.58. The fraction of sp³-hybridized carbons (Fsp3) is 0.667. The Labute approximate surface area is 122 Å². The van der Waals surface area contributed by atoms with Crippen LogP contribution in [0.25, 0.3) is 0 Å². The van der Waals surface area contributed by atoms with Crippen LogP contribution in [0.3, 0.4) is 0 Å². The van der Waals surface area contributed by atoms with Crippen LogP contribution in [0, 0.1) is 24.7 Å². The molecule has 20 heavy (non-hydrogen) atoms. The number of rotatable bonds is 6. The highest BCUT2D eigenvalue weighted by atomic mass is 16.5. The third kappa shape index (κ3) is 3.35. The second-order valence-corrected chi connectivity index (χ2v) is 6.78. The molecule has 1 aromatic rings. The number of aliphatic hydroxyl groups is 1. The van der Waals surface area contributed by atoms with Crippen LogP contribution in [0.1, 0.15) is 44.1 Å². The predicted octanol–water partition coefficient (Wildman–Crippen LogP) is 3.95. The lowest BCUT2D eigenvalue weighted by Gasteiger charge is -2.24. The van der Waals surface area contributed by atoms with Gasteiger partial charge in [-0.25, -0.2) is 0 Å². The van der Waals surface area contributed by atoms with Gasteiger partial charge in [0.2, 0.25) is 0 Å². The van der Waals surface area contributed by atoms with E-state index < -0.39 is 0 Å². The summed E-state index contributed by atoms with van der Waals surface area (Å²) in [4.78, 5) is 0. The zero-order valence-corrected chi connectivity index (χ0v) is 12.4. The van der Waals surface area contributed by atoms with Gasteiger partial charge in [0.25, 0.3) is 0 Å². The van der Waals surface area contributed by atoms with Crippen LogP contribution in [0.15, 0.2) is 24.3 Å². The molecule has 2 nitrogen and oxygen atoms in total. The summed E-state index contributed by atoms with van der Waals surface area (Å²) in [6.45, 7) is 2.68. The molecule has 0 heterocycles. The number of aryl methyl sites for hydroxylation is 1. The van der Waals surface area contributed by atoms with Crippen LogP contribution in [-0.4, -0.2) is 17.8 Å². The first-order chi connectivity index (χ1) is 9.70. The van der Waals surface area contributed by atoms with Gasteiger partial charge < -0.3 is 9.84 Å². The molecule has 0 saturated heterocycles. The lowest BCUT2D eigenvalue weighted by atomic mass is 9.84. The van der Waals surface area contributed by atoms with Gasteiger partial charge in [-0.2, -0.15) is 0 Å². The quantitative estimate of drug-likeness (QED) is 0.851. The number of benzene rings is 1. The summed E-state index contributed by atoms with van der Waals surface area (Å²) >= 11 is 0. The zero-order chi connectivity index (χ0) is 13.9. The first kappa shape index (κ1) is 13.9. The number of hydrogen-bond acceptors (Lipinski definition) is 2. The fourth-order valence-electron chi connectivity index (χ4n) is 4.15. The predicted molar refractivity (Wildman–Crippen MR) is 80.9 cm³/mol. The van der Waals surface area contributed by atoms with Gasteiger partial charge in [0.05, 0.1) is 12.7 Å². The minimum atomic E-state index is -0.191. The van der Waals surface area contributed by atoms with E-state index in [1.165, 1.54) is 31.2 Å². The molecule has 4 atom stereocenters. The molecule has 0 radical (unpaired) electrons. The van der Waals surface area contributed by atoms with E-state index in [-0.39, 0.29) is 6.10 Å². The molecule has 2 aliphatic carbocycles. The molecule has 1 N–H and O–H groups in total. The van der Waals surface area contributed by atoms with Crippen molar-refractivity contribution in [2.24, 2.45) is 17.8 Å². The van der Waals surface area contributed by atoms with Gasteiger partial charge in [0, 0.05) is 6.42 Å². The van der Waals surface area contributed by atoms with Gasteiger partial charge in [-0.15, -0.1) is 0 Å². The lowest BCUT2D eigenvalue weighted by Crippen LogP contribution is -2.20. The van der Waals surface area contributed by atoms with Crippen molar-refractivity contribution >= 4 is 0 Å². The Morgan fingerprint density at radius 1 is 1.30 bits per heavy atom. The van der Waals surface area contributed by atoms with Crippen LogP contribution in [-0.2, 0) is 0 Å². The van der Waals surface area contributed by atoms with Crippen LogP contribution in [0.5, 0.6) is 5.75 Å². The summed E-state index contributed by atoms with van der Waals surface area (Å²) in [5.41, 5.74) is 1.21. The van der Waals surface area contributed by atoms with E-state index in [0.717, 1.165) is 36.3 Å². The fourth-order valence-corrected chi connectivity index (χ4v) is 4.15. The van der Waals surface area contributed by atoms with Crippen molar-refractivity contribution in [3.63, 3.8) is 0 Å². The van der Waals surface area contributed by atoms with Gasteiger partial charge in [0.1, 0.15) is 5.75 Å². The monoisotopic (exact) mass is 274 g/mol. The molecule has 2 heteroatoms. The van der Waals surface area contributed by atoms with Crippen LogP contribution in [0.4, 0.5) is 0 Å². The number of aliphatic hydroxyl groups excluding tert-OH is 1. The summed E-state index contributed by atoms with van der Waals surface area (Å²) in [6, 6.07) is 8.10. The van der Waals surface area contributed by atoms with Crippen LogP contribution in [0.2, 0.25) is 0 Å². The second kappa shape index (κ2) is 6.17. The molecule has 1 aromatic carbocycles. The molecule has 3 rings (SSSR count). The van der Waals surface area contributed by atoms with Crippen molar-refractivity contribution in [2.75, 3.05) is 6.61 Å². The van der Waals surface area contributed by atoms with E-state index in [0.29, 0.717) is 6.61 Å². The average molecular weight is 274 g/mol. The Bertz CT molecular complexity index is 443. The molecule has 110 valence electrons. The van der Waals surface area contributed by atoms with Crippen LogP contribution >= 0.6 is 0 Å². The van der Waals surface area contributed by atoms with Crippen molar-refractivity contribution in [3.05, 3.63) is 29.8 Å². The molecule has 2 aliphatic rings. The Morgan fingerprint density at radius 3 is 2.90 bits per heavy atom. The van der Waals surface area contributed by atoms with Gasteiger partial charge >= 0.3 is 0 Å². The molecule has 2 fully saturated rings. The second-order valence-electron chi connectivity index (χ2n) is 6.78. The summed E-state index contributed by atoms with van der Waals surface area (Å²) < 4.78 is 5.72. The first-order valence-electron chi connectivity index (χ1n) is 8.08. The van der Waals surface area contributed by atoms with Gasteiger partial charge in [-0.05, 0) is 68.1 Å². The van der Waals surface area contributed by atoms with Crippen molar-refractivity contribution in [1.82, 2.24) is 0 Å². The number of fused-ring (bicyclic) bond motifs is 2. The topological polar surface area (TPSA) is 29.5 Å². The molecule has 0 amide bonds. The van der Waals surface area contributed by atoms with Crippen LogP contribution < -0.4 is 4.74 Å². The third-order valence-electron chi connectivity index (χ3n) is 5.17. The maximum absolute atomic E-state index is 10.2. The third-order valence-corrected chi connectivity index (χ3v) is 5.17. The molecule has 0 spiro atoms. The Kier molecular flexibility index (Phi) is 4.30. The molecule has 2 bridgehead atoms. The maximum Gasteiger partial charge on any atom is 0.119 e. The molecule has 0 aliphatic heterocycles. The Balaban J connectivity index is 1.38. The Morgan fingerprint density at radius 2 is 2.20 bits per heavy atom. The maximum atomic E-state index is 10.2. The largest absolute Gasteiger partial charge is 0.493 e. The first-order valence-corrected chi connectivity index (χ1v) is 8.08. The number of hydrogen-bond donors (Lipinski definition) is 1. The van der Waals surface area contributed by atoms with E-state index in [1.807, 2.05) is 18.2 Å². The smallest absolute Gasteiger partial charge is 0.119 e. The standard InChI is InChI=1S/C18H26O2/c1-13-3-2-4-18(9-13)20-8-7-17(19)12-16-11-14-5-6-15(16)10-14/h2-4,9,14-17,19H,5-8,10-12H2,1H3.